The molecule has 1 unspecified atom stereocenters. The third kappa shape index (κ3) is 2.08. The van der Waals surface area contributed by atoms with E-state index >= 15 is 0 Å². The highest BCUT2D eigenvalue weighted by molar-refractivity contribution is 9.10. The van der Waals surface area contributed by atoms with Crippen LogP contribution in [0.2, 0.25) is 0 Å². The molecule has 0 fully saturated rings. The third-order valence-electron chi connectivity index (χ3n) is 1.83. The first-order chi connectivity index (χ1) is 5.84. The summed E-state index contributed by atoms with van der Waals surface area (Å²) in [7, 11) is 1.69. The van der Waals surface area contributed by atoms with Crippen molar-refractivity contribution in [1.82, 2.24) is 9.78 Å². The van der Waals surface area contributed by atoms with E-state index in [9.17, 15) is 4.39 Å². The Labute approximate surface area is 85.2 Å². The summed E-state index contributed by atoms with van der Waals surface area (Å²) in [4.78, 5) is 0. The van der Waals surface area contributed by atoms with Crippen molar-refractivity contribution in [3.63, 3.8) is 0 Å². The lowest BCUT2D eigenvalue weighted by Gasteiger charge is -2.23. The van der Waals surface area contributed by atoms with Gasteiger partial charge in [-0.1, -0.05) is 0 Å². The van der Waals surface area contributed by atoms with Gasteiger partial charge in [0.15, 0.2) is 6.17 Å². The van der Waals surface area contributed by atoms with Crippen molar-refractivity contribution in [3.8, 4) is 0 Å². The Morgan fingerprint density at radius 2 is 2.23 bits per heavy atom. The Hall–Kier alpha value is -0.420. The fraction of sp³-hybridized carbons (Fsp3) is 0.625. The largest absolute Gasteiger partial charge is 0.323 e. The minimum atomic E-state index is -1.23. The summed E-state index contributed by atoms with van der Waals surface area (Å²) in [5, 5.41) is 3.92. The second kappa shape index (κ2) is 3.38. The number of aromatic nitrogens is 2. The zero-order chi connectivity index (χ0) is 10.2. The van der Waals surface area contributed by atoms with Gasteiger partial charge in [0.25, 0.3) is 0 Å². The fourth-order valence-corrected chi connectivity index (χ4v) is 1.61. The molecule has 1 heterocycles. The molecule has 2 N–H and O–H groups in total. The van der Waals surface area contributed by atoms with Crippen LogP contribution >= 0.6 is 15.9 Å². The van der Waals surface area contributed by atoms with Crippen LogP contribution in [0.3, 0.4) is 0 Å². The van der Waals surface area contributed by atoms with Gasteiger partial charge in [-0.05, 0) is 29.8 Å². The van der Waals surface area contributed by atoms with Crippen LogP contribution in [0.5, 0.6) is 0 Å². The van der Waals surface area contributed by atoms with E-state index in [-0.39, 0.29) is 0 Å². The molecule has 0 radical (unpaired) electrons. The predicted octanol–water partition coefficient (Wildman–Crippen LogP) is 1.93. The number of hydrogen-bond donors (Lipinski definition) is 1. The van der Waals surface area contributed by atoms with Gasteiger partial charge in [0.2, 0.25) is 0 Å². The maximum Gasteiger partial charge on any atom is 0.160 e. The molecular formula is C8H13BrFN3. The lowest BCUT2D eigenvalue weighted by atomic mass is 9.98. The number of nitrogens with zero attached hydrogens (tertiary/aromatic N) is 2. The van der Waals surface area contributed by atoms with E-state index in [1.54, 1.807) is 27.1 Å². The molecule has 0 aliphatic rings. The first-order valence-electron chi connectivity index (χ1n) is 3.94. The van der Waals surface area contributed by atoms with Gasteiger partial charge in [-0.15, -0.1) is 0 Å². The molecule has 3 nitrogen and oxygen atoms in total. The molecule has 74 valence electrons. The zero-order valence-corrected chi connectivity index (χ0v) is 9.47. The van der Waals surface area contributed by atoms with E-state index in [2.05, 4.69) is 21.0 Å². The number of nitrogens with two attached hydrogens (primary N) is 1. The van der Waals surface area contributed by atoms with Crippen molar-refractivity contribution in [1.29, 1.82) is 0 Å². The van der Waals surface area contributed by atoms with Gasteiger partial charge < -0.3 is 5.73 Å². The standard InChI is InChI=1S/C8H13BrFN3/c1-8(2,11)7(10)6-5(9)4-12-13(6)3/h4,7H,11H2,1-3H3. The van der Waals surface area contributed by atoms with Crippen LogP contribution in [0.1, 0.15) is 25.7 Å². The monoisotopic (exact) mass is 249 g/mol. The van der Waals surface area contributed by atoms with Crippen molar-refractivity contribution in [2.45, 2.75) is 25.6 Å². The second-order valence-corrected chi connectivity index (χ2v) is 4.54. The summed E-state index contributed by atoms with van der Waals surface area (Å²) in [6, 6.07) is 0. The minimum Gasteiger partial charge on any atom is -0.323 e. The number of hydrogen-bond acceptors (Lipinski definition) is 2. The molecule has 13 heavy (non-hydrogen) atoms. The maximum absolute atomic E-state index is 13.8. The van der Waals surface area contributed by atoms with Crippen molar-refractivity contribution >= 4 is 15.9 Å². The fourth-order valence-electron chi connectivity index (χ4n) is 1.06. The minimum absolute atomic E-state index is 0.479. The van der Waals surface area contributed by atoms with Crippen molar-refractivity contribution in [3.05, 3.63) is 16.4 Å². The second-order valence-electron chi connectivity index (χ2n) is 3.69. The van der Waals surface area contributed by atoms with E-state index in [0.29, 0.717) is 10.2 Å². The van der Waals surface area contributed by atoms with Crippen LogP contribution < -0.4 is 5.73 Å². The van der Waals surface area contributed by atoms with Gasteiger partial charge >= 0.3 is 0 Å². The summed E-state index contributed by atoms with van der Waals surface area (Å²) < 4.78 is 15.9. The molecule has 0 spiro atoms. The quantitative estimate of drug-likeness (QED) is 0.871. The Kier molecular flexibility index (Phi) is 2.77. The van der Waals surface area contributed by atoms with Crippen LogP contribution in [0.25, 0.3) is 0 Å². The Balaban J connectivity index is 3.08. The highest BCUT2D eigenvalue weighted by Gasteiger charge is 2.30. The summed E-state index contributed by atoms with van der Waals surface area (Å²) in [6.07, 6.45) is 0.336. The molecule has 1 aromatic heterocycles. The first kappa shape index (κ1) is 10.7. The van der Waals surface area contributed by atoms with Crippen molar-refractivity contribution in [2.24, 2.45) is 12.8 Å². The molecule has 0 amide bonds. The van der Waals surface area contributed by atoms with Gasteiger partial charge in [-0.3, -0.25) is 4.68 Å². The van der Waals surface area contributed by atoms with Crippen molar-refractivity contribution < 1.29 is 4.39 Å². The average Bonchev–Trinajstić information content (AvgIpc) is 2.28. The molecule has 0 aliphatic carbocycles. The van der Waals surface area contributed by atoms with E-state index in [4.69, 9.17) is 5.73 Å². The number of alkyl halides is 1. The molecule has 0 bridgehead atoms. The SMILES string of the molecule is Cn1ncc(Br)c1C(F)C(C)(C)N. The number of rotatable bonds is 2. The molecule has 0 aromatic carbocycles. The third-order valence-corrected chi connectivity index (χ3v) is 2.44. The Morgan fingerprint density at radius 1 is 1.69 bits per heavy atom. The first-order valence-corrected chi connectivity index (χ1v) is 4.73. The maximum atomic E-state index is 13.8. The van der Waals surface area contributed by atoms with Gasteiger partial charge in [0, 0.05) is 12.6 Å². The lowest BCUT2D eigenvalue weighted by Crippen LogP contribution is -2.38. The normalized spacial score (nSPS) is 14.6. The van der Waals surface area contributed by atoms with E-state index < -0.39 is 11.7 Å². The van der Waals surface area contributed by atoms with Gasteiger partial charge in [0.1, 0.15) is 0 Å². The Bertz CT molecular complexity index is 283. The van der Waals surface area contributed by atoms with E-state index in [1.165, 1.54) is 4.68 Å². The molecule has 1 aromatic rings. The Morgan fingerprint density at radius 3 is 2.54 bits per heavy atom. The molecule has 0 aliphatic heterocycles. The zero-order valence-electron chi connectivity index (χ0n) is 7.88. The predicted molar refractivity (Wildman–Crippen MR) is 53.0 cm³/mol. The molecular weight excluding hydrogens is 237 g/mol. The van der Waals surface area contributed by atoms with Crippen LogP contribution in [0, 0.1) is 0 Å². The van der Waals surface area contributed by atoms with Crippen LogP contribution in [0.4, 0.5) is 4.39 Å². The smallest absolute Gasteiger partial charge is 0.160 e. The average molecular weight is 250 g/mol. The van der Waals surface area contributed by atoms with Crippen molar-refractivity contribution in [2.75, 3.05) is 0 Å². The van der Waals surface area contributed by atoms with E-state index in [1.807, 2.05) is 0 Å². The summed E-state index contributed by atoms with van der Waals surface area (Å²) in [5.41, 5.74) is 5.26. The summed E-state index contributed by atoms with van der Waals surface area (Å²) >= 11 is 3.23. The molecule has 5 heteroatoms. The molecule has 1 rings (SSSR count). The highest BCUT2D eigenvalue weighted by atomic mass is 79.9. The van der Waals surface area contributed by atoms with Crippen LogP contribution in [0.15, 0.2) is 10.7 Å². The molecule has 0 saturated carbocycles. The highest BCUT2D eigenvalue weighted by Crippen LogP contribution is 2.32. The molecule has 0 saturated heterocycles. The number of halogens is 2. The summed E-state index contributed by atoms with van der Waals surface area (Å²) in [6.45, 7) is 3.30. The van der Waals surface area contributed by atoms with Crippen LogP contribution in [-0.2, 0) is 7.05 Å². The van der Waals surface area contributed by atoms with Gasteiger partial charge in [-0.2, -0.15) is 5.10 Å². The van der Waals surface area contributed by atoms with Gasteiger partial charge in [-0.25, -0.2) is 4.39 Å². The van der Waals surface area contributed by atoms with Crippen LogP contribution in [-0.4, -0.2) is 15.3 Å². The lowest BCUT2D eigenvalue weighted by molar-refractivity contribution is 0.211. The van der Waals surface area contributed by atoms with E-state index in [0.717, 1.165) is 0 Å². The topological polar surface area (TPSA) is 43.8 Å². The molecule has 1 atom stereocenters. The summed E-state index contributed by atoms with van der Waals surface area (Å²) in [5.74, 6) is 0. The number of aryl methyl sites for hydroxylation is 1. The van der Waals surface area contributed by atoms with Gasteiger partial charge in [0.05, 0.1) is 16.4 Å².